The molecular formula is C14H23N3O4. The van der Waals surface area contributed by atoms with Crippen LogP contribution in [0, 0.1) is 0 Å². The third-order valence-corrected chi connectivity index (χ3v) is 4.35. The van der Waals surface area contributed by atoms with Crippen LogP contribution in [0.15, 0.2) is 0 Å². The Morgan fingerprint density at radius 2 is 2.05 bits per heavy atom. The number of aliphatic carboxylic acids is 1. The molecule has 1 aliphatic heterocycles. The van der Waals surface area contributed by atoms with Gasteiger partial charge in [0.1, 0.15) is 12.1 Å². The molecule has 21 heavy (non-hydrogen) atoms. The number of carboxylic acids is 1. The first-order chi connectivity index (χ1) is 9.90. The number of likely N-dealkylation sites (tertiary alicyclic amines) is 1. The lowest BCUT2D eigenvalue weighted by atomic mass is 9.93. The fraction of sp³-hybridized carbons (Fsp3) is 0.786. The van der Waals surface area contributed by atoms with Crippen LogP contribution in [0.1, 0.15) is 39.0 Å². The Balaban J connectivity index is 1.99. The highest BCUT2D eigenvalue weighted by Gasteiger charge is 2.49. The Kier molecular flexibility index (Phi) is 4.39. The van der Waals surface area contributed by atoms with Gasteiger partial charge in [0.25, 0.3) is 0 Å². The minimum absolute atomic E-state index is 0.0365. The molecule has 2 fully saturated rings. The average molecular weight is 297 g/mol. The molecule has 1 atom stereocenters. The van der Waals surface area contributed by atoms with Crippen LogP contribution in [0.25, 0.3) is 0 Å². The van der Waals surface area contributed by atoms with Crippen LogP contribution in [0.2, 0.25) is 0 Å². The summed E-state index contributed by atoms with van der Waals surface area (Å²) < 4.78 is 0. The largest absolute Gasteiger partial charge is 0.479 e. The Morgan fingerprint density at radius 3 is 2.57 bits per heavy atom. The molecule has 118 valence electrons. The number of nitrogens with zero attached hydrogens (tertiary/aromatic N) is 2. The van der Waals surface area contributed by atoms with Crippen LogP contribution in [0.4, 0.5) is 4.79 Å². The van der Waals surface area contributed by atoms with Gasteiger partial charge in [-0.3, -0.25) is 4.79 Å². The summed E-state index contributed by atoms with van der Waals surface area (Å²) in [5, 5.41) is 12.3. The zero-order valence-corrected chi connectivity index (χ0v) is 12.6. The van der Waals surface area contributed by atoms with E-state index in [1.54, 1.807) is 6.92 Å². The number of likely N-dealkylation sites (N-methyl/N-ethyl adjacent to an activating group) is 1. The molecule has 3 amide bonds. The Morgan fingerprint density at radius 1 is 1.38 bits per heavy atom. The van der Waals surface area contributed by atoms with E-state index in [1.165, 1.54) is 16.8 Å². The van der Waals surface area contributed by atoms with Crippen LogP contribution in [-0.2, 0) is 9.59 Å². The minimum atomic E-state index is -1.13. The van der Waals surface area contributed by atoms with Gasteiger partial charge < -0.3 is 20.2 Å². The van der Waals surface area contributed by atoms with E-state index in [1.807, 2.05) is 0 Å². The normalized spacial score (nSPS) is 24.8. The van der Waals surface area contributed by atoms with Gasteiger partial charge in [-0.1, -0.05) is 6.92 Å². The third-order valence-electron chi connectivity index (χ3n) is 4.35. The second-order valence-corrected chi connectivity index (χ2v) is 5.93. The fourth-order valence-electron chi connectivity index (χ4n) is 2.89. The van der Waals surface area contributed by atoms with Gasteiger partial charge in [0.15, 0.2) is 0 Å². The highest BCUT2D eigenvalue weighted by atomic mass is 16.4. The van der Waals surface area contributed by atoms with E-state index in [-0.39, 0.29) is 24.5 Å². The van der Waals surface area contributed by atoms with Gasteiger partial charge in [0.2, 0.25) is 5.91 Å². The summed E-state index contributed by atoms with van der Waals surface area (Å²) in [7, 11) is 1.54. The summed E-state index contributed by atoms with van der Waals surface area (Å²) in [6.45, 7) is 2.17. The number of hydrogen-bond donors (Lipinski definition) is 2. The molecule has 2 N–H and O–H groups in total. The summed E-state index contributed by atoms with van der Waals surface area (Å²) in [4.78, 5) is 38.5. The van der Waals surface area contributed by atoms with Crippen molar-refractivity contribution in [1.29, 1.82) is 0 Å². The second-order valence-electron chi connectivity index (χ2n) is 5.93. The van der Waals surface area contributed by atoms with Crippen molar-refractivity contribution in [2.75, 3.05) is 20.1 Å². The highest BCUT2D eigenvalue weighted by molar-refractivity contribution is 5.89. The molecule has 0 spiro atoms. The predicted molar refractivity (Wildman–Crippen MR) is 75.8 cm³/mol. The third kappa shape index (κ3) is 3.11. The maximum atomic E-state index is 12.5. The molecule has 7 heteroatoms. The number of carboxylic acid groups (broad SMARTS) is 1. The lowest BCUT2D eigenvalue weighted by molar-refractivity contribution is -0.148. The van der Waals surface area contributed by atoms with Crippen molar-refractivity contribution in [1.82, 2.24) is 15.1 Å². The molecule has 1 saturated heterocycles. The van der Waals surface area contributed by atoms with Gasteiger partial charge in [-0.15, -0.1) is 0 Å². The quantitative estimate of drug-likeness (QED) is 0.779. The Hall–Kier alpha value is -1.79. The molecule has 7 nitrogen and oxygen atoms in total. The van der Waals surface area contributed by atoms with Crippen LogP contribution in [-0.4, -0.2) is 64.5 Å². The van der Waals surface area contributed by atoms with Crippen molar-refractivity contribution in [3.8, 4) is 0 Å². The first-order valence-electron chi connectivity index (χ1n) is 7.46. The first-order valence-corrected chi connectivity index (χ1v) is 7.46. The van der Waals surface area contributed by atoms with Gasteiger partial charge in [-0.25, -0.2) is 9.59 Å². The number of urea groups is 1. The summed E-state index contributed by atoms with van der Waals surface area (Å²) in [5.41, 5.74) is -1.13. The monoisotopic (exact) mass is 297 g/mol. The molecule has 2 rings (SSSR count). The highest BCUT2D eigenvalue weighted by Crippen LogP contribution is 2.33. The molecule has 0 bridgehead atoms. The topological polar surface area (TPSA) is 90.0 Å². The smallest absolute Gasteiger partial charge is 0.329 e. The lowest BCUT2D eigenvalue weighted by Crippen LogP contribution is -2.56. The average Bonchev–Trinajstić information content (AvgIpc) is 3.12. The van der Waals surface area contributed by atoms with E-state index >= 15 is 0 Å². The van der Waals surface area contributed by atoms with Crippen molar-refractivity contribution in [2.24, 2.45) is 0 Å². The molecule has 0 aromatic rings. The zero-order chi connectivity index (χ0) is 15.6. The van der Waals surface area contributed by atoms with E-state index in [0.717, 1.165) is 12.8 Å². The van der Waals surface area contributed by atoms with Gasteiger partial charge in [-0.05, 0) is 32.1 Å². The van der Waals surface area contributed by atoms with Gasteiger partial charge in [-0.2, -0.15) is 0 Å². The SMILES string of the molecule is CCC1(C(=O)O)CCCN1C(=O)N(C)CC(=O)NC1CC1. The Bertz CT molecular complexity index is 450. The molecule has 1 heterocycles. The number of amides is 3. The summed E-state index contributed by atoms with van der Waals surface area (Å²) in [6.07, 6.45) is 3.50. The van der Waals surface area contributed by atoms with E-state index in [4.69, 9.17) is 0 Å². The zero-order valence-electron chi connectivity index (χ0n) is 12.6. The van der Waals surface area contributed by atoms with Gasteiger partial charge >= 0.3 is 12.0 Å². The van der Waals surface area contributed by atoms with Crippen LogP contribution < -0.4 is 5.32 Å². The fourth-order valence-corrected chi connectivity index (χ4v) is 2.89. The number of carbonyl (C=O) groups excluding carboxylic acids is 2. The molecule has 1 aliphatic carbocycles. The molecule has 0 aromatic heterocycles. The number of rotatable bonds is 5. The van der Waals surface area contributed by atoms with Crippen LogP contribution in [0.3, 0.4) is 0 Å². The van der Waals surface area contributed by atoms with Crippen molar-refractivity contribution < 1.29 is 19.5 Å². The van der Waals surface area contributed by atoms with Crippen molar-refractivity contribution in [3.05, 3.63) is 0 Å². The van der Waals surface area contributed by atoms with Gasteiger partial charge in [0.05, 0.1) is 0 Å². The van der Waals surface area contributed by atoms with E-state index in [9.17, 15) is 19.5 Å². The molecule has 2 aliphatic rings. The second kappa shape index (κ2) is 5.91. The maximum absolute atomic E-state index is 12.5. The number of carbonyl (C=O) groups is 3. The summed E-state index contributed by atoms with van der Waals surface area (Å²) >= 11 is 0. The van der Waals surface area contributed by atoms with Crippen molar-refractivity contribution in [2.45, 2.75) is 50.6 Å². The van der Waals surface area contributed by atoms with Crippen LogP contribution >= 0.6 is 0 Å². The van der Waals surface area contributed by atoms with E-state index < -0.39 is 11.5 Å². The molecule has 0 aromatic carbocycles. The van der Waals surface area contributed by atoms with Gasteiger partial charge in [0, 0.05) is 19.6 Å². The summed E-state index contributed by atoms with van der Waals surface area (Å²) in [6, 6.07) is -0.135. The Labute approximate surface area is 124 Å². The molecular weight excluding hydrogens is 274 g/mol. The molecule has 0 radical (unpaired) electrons. The predicted octanol–water partition coefficient (Wildman–Crippen LogP) is 0.646. The number of hydrogen-bond acceptors (Lipinski definition) is 3. The maximum Gasteiger partial charge on any atom is 0.329 e. The minimum Gasteiger partial charge on any atom is -0.479 e. The standard InChI is InChI=1S/C14H23N3O4/c1-3-14(12(19)20)7-4-8-17(14)13(21)16(2)9-11(18)15-10-5-6-10/h10H,3-9H2,1-2H3,(H,15,18)(H,19,20). The van der Waals surface area contributed by atoms with E-state index in [0.29, 0.717) is 25.8 Å². The molecule has 1 unspecified atom stereocenters. The van der Waals surface area contributed by atoms with Crippen LogP contribution in [0.5, 0.6) is 0 Å². The first kappa shape index (κ1) is 15.6. The van der Waals surface area contributed by atoms with Crippen molar-refractivity contribution >= 4 is 17.9 Å². The summed E-state index contributed by atoms with van der Waals surface area (Å²) in [5.74, 6) is -1.16. The van der Waals surface area contributed by atoms with Crippen molar-refractivity contribution in [3.63, 3.8) is 0 Å². The number of nitrogens with one attached hydrogen (secondary N) is 1. The molecule has 1 saturated carbocycles. The van der Waals surface area contributed by atoms with E-state index in [2.05, 4.69) is 5.32 Å². The lowest BCUT2D eigenvalue weighted by Gasteiger charge is -2.36.